The average Bonchev–Trinajstić information content (AvgIpc) is 2.45. The Kier molecular flexibility index (Phi) is 6.20. The molecule has 1 aromatic carbocycles. The van der Waals surface area contributed by atoms with Crippen molar-refractivity contribution < 1.29 is 18.0 Å². The third-order valence-electron chi connectivity index (χ3n) is 3.45. The Balaban J connectivity index is 2.89. The second-order valence-electron chi connectivity index (χ2n) is 4.85. The molecule has 0 bridgehead atoms. The zero-order valence-corrected chi connectivity index (χ0v) is 12.3. The van der Waals surface area contributed by atoms with Crippen molar-refractivity contribution in [2.24, 2.45) is 11.7 Å². The summed E-state index contributed by atoms with van der Waals surface area (Å²) in [6, 6.07) is 5.05. The summed E-state index contributed by atoms with van der Waals surface area (Å²) in [5, 5.41) is 0. The number of hydrogen-bond acceptors (Lipinski definition) is 2. The second kappa shape index (κ2) is 7.45. The van der Waals surface area contributed by atoms with Crippen LogP contribution in [-0.2, 0) is 17.4 Å². The highest BCUT2D eigenvalue weighted by Gasteiger charge is 2.31. The topological polar surface area (TPSA) is 46.3 Å². The molecule has 1 atom stereocenters. The quantitative estimate of drug-likeness (QED) is 0.878. The van der Waals surface area contributed by atoms with Crippen LogP contribution in [0.4, 0.5) is 13.2 Å². The van der Waals surface area contributed by atoms with Crippen LogP contribution < -0.4 is 5.73 Å². The van der Waals surface area contributed by atoms with Gasteiger partial charge < -0.3 is 10.6 Å². The lowest BCUT2D eigenvalue weighted by atomic mass is 9.96. The molecule has 1 aromatic rings. The summed E-state index contributed by atoms with van der Waals surface area (Å²) >= 11 is 0. The first-order valence-electron chi connectivity index (χ1n) is 6.98. The van der Waals surface area contributed by atoms with Crippen molar-refractivity contribution in [3.8, 4) is 0 Å². The number of hydrogen-bond donors (Lipinski definition) is 1. The van der Waals surface area contributed by atoms with E-state index in [9.17, 15) is 18.0 Å². The van der Waals surface area contributed by atoms with Gasteiger partial charge in [-0.2, -0.15) is 13.2 Å². The smallest absolute Gasteiger partial charge is 0.343 e. The monoisotopic (exact) mass is 302 g/mol. The molecule has 2 N–H and O–H groups in total. The molecule has 1 unspecified atom stereocenters. The summed E-state index contributed by atoms with van der Waals surface area (Å²) in [5.74, 6) is -0.603. The Hall–Kier alpha value is -1.56. The standard InChI is InChI=1S/C15H21F3N2O/c1-3-20(4-2)14(21)12(10-19)8-11-6-5-7-13(9-11)15(16,17)18/h5-7,9,12H,3-4,8,10,19H2,1-2H3. The molecule has 0 heterocycles. The predicted octanol–water partition coefficient (Wildman–Crippen LogP) is 2.69. The highest BCUT2D eigenvalue weighted by Crippen LogP contribution is 2.30. The highest BCUT2D eigenvalue weighted by atomic mass is 19.4. The maximum Gasteiger partial charge on any atom is 0.416 e. The number of nitrogens with two attached hydrogens (primary N) is 1. The second-order valence-corrected chi connectivity index (χ2v) is 4.85. The van der Waals surface area contributed by atoms with Gasteiger partial charge in [-0.05, 0) is 31.9 Å². The van der Waals surface area contributed by atoms with Crippen LogP contribution in [0.15, 0.2) is 24.3 Å². The maximum atomic E-state index is 12.7. The van der Waals surface area contributed by atoms with E-state index in [0.717, 1.165) is 12.1 Å². The van der Waals surface area contributed by atoms with Crippen molar-refractivity contribution >= 4 is 5.91 Å². The van der Waals surface area contributed by atoms with Crippen LogP contribution in [0, 0.1) is 5.92 Å². The zero-order chi connectivity index (χ0) is 16.0. The molecule has 1 rings (SSSR count). The summed E-state index contributed by atoms with van der Waals surface area (Å²) in [7, 11) is 0. The highest BCUT2D eigenvalue weighted by molar-refractivity contribution is 5.79. The van der Waals surface area contributed by atoms with Gasteiger partial charge in [0, 0.05) is 19.6 Å². The molecule has 21 heavy (non-hydrogen) atoms. The van der Waals surface area contributed by atoms with Crippen LogP contribution in [0.3, 0.4) is 0 Å². The Morgan fingerprint density at radius 2 is 1.90 bits per heavy atom. The molecule has 1 amide bonds. The van der Waals surface area contributed by atoms with E-state index in [-0.39, 0.29) is 18.9 Å². The Bertz CT molecular complexity index is 470. The van der Waals surface area contributed by atoms with Gasteiger partial charge in [0.2, 0.25) is 5.91 Å². The minimum Gasteiger partial charge on any atom is -0.343 e. The lowest BCUT2D eigenvalue weighted by molar-refractivity contribution is -0.137. The fraction of sp³-hybridized carbons (Fsp3) is 0.533. The SMILES string of the molecule is CCN(CC)C(=O)C(CN)Cc1cccc(C(F)(F)F)c1. The summed E-state index contributed by atoms with van der Waals surface area (Å²) in [6.07, 6.45) is -4.16. The number of alkyl halides is 3. The molecule has 0 spiro atoms. The number of halogens is 3. The fourth-order valence-electron chi connectivity index (χ4n) is 2.22. The molecule has 6 heteroatoms. The van der Waals surface area contributed by atoms with E-state index in [1.165, 1.54) is 6.07 Å². The van der Waals surface area contributed by atoms with E-state index in [1.807, 2.05) is 13.8 Å². The molecule has 0 aliphatic heterocycles. The van der Waals surface area contributed by atoms with Crippen LogP contribution in [-0.4, -0.2) is 30.4 Å². The van der Waals surface area contributed by atoms with Crippen LogP contribution in [0.2, 0.25) is 0 Å². The van der Waals surface area contributed by atoms with Gasteiger partial charge in [0.1, 0.15) is 0 Å². The van der Waals surface area contributed by atoms with E-state index >= 15 is 0 Å². The minimum absolute atomic E-state index is 0.111. The number of amides is 1. The van der Waals surface area contributed by atoms with E-state index in [0.29, 0.717) is 18.7 Å². The molecular formula is C15H21F3N2O. The first-order chi connectivity index (χ1) is 9.83. The molecule has 3 nitrogen and oxygen atoms in total. The summed E-state index contributed by atoms with van der Waals surface area (Å²) in [6.45, 7) is 4.97. The third-order valence-corrected chi connectivity index (χ3v) is 3.45. The van der Waals surface area contributed by atoms with Crippen LogP contribution in [0.1, 0.15) is 25.0 Å². The van der Waals surface area contributed by atoms with Crippen molar-refractivity contribution in [3.63, 3.8) is 0 Å². The van der Waals surface area contributed by atoms with Crippen LogP contribution in [0.5, 0.6) is 0 Å². The van der Waals surface area contributed by atoms with Crippen molar-refractivity contribution in [1.82, 2.24) is 4.90 Å². The normalized spacial score (nSPS) is 13.0. The Morgan fingerprint density at radius 3 is 2.38 bits per heavy atom. The molecule has 0 radical (unpaired) electrons. The number of nitrogens with zero attached hydrogens (tertiary/aromatic N) is 1. The van der Waals surface area contributed by atoms with Crippen molar-refractivity contribution in [3.05, 3.63) is 35.4 Å². The molecule has 0 saturated carbocycles. The predicted molar refractivity (Wildman–Crippen MR) is 75.6 cm³/mol. The first-order valence-corrected chi connectivity index (χ1v) is 6.98. The lowest BCUT2D eigenvalue weighted by Gasteiger charge is -2.24. The van der Waals surface area contributed by atoms with Crippen molar-refractivity contribution in [2.45, 2.75) is 26.4 Å². The summed E-state index contributed by atoms with van der Waals surface area (Å²) in [4.78, 5) is 13.9. The molecular weight excluding hydrogens is 281 g/mol. The van der Waals surface area contributed by atoms with Gasteiger partial charge in [0.15, 0.2) is 0 Å². The van der Waals surface area contributed by atoms with E-state index in [2.05, 4.69) is 0 Å². The van der Waals surface area contributed by atoms with Gasteiger partial charge in [-0.3, -0.25) is 4.79 Å². The fourth-order valence-corrected chi connectivity index (χ4v) is 2.22. The van der Waals surface area contributed by atoms with E-state index < -0.39 is 17.7 Å². The zero-order valence-electron chi connectivity index (χ0n) is 12.3. The van der Waals surface area contributed by atoms with Gasteiger partial charge in [0.05, 0.1) is 11.5 Å². The van der Waals surface area contributed by atoms with Gasteiger partial charge in [0.25, 0.3) is 0 Å². The van der Waals surface area contributed by atoms with Gasteiger partial charge >= 0.3 is 6.18 Å². The summed E-state index contributed by atoms with van der Waals surface area (Å²) < 4.78 is 38.0. The third kappa shape index (κ3) is 4.74. The molecule has 0 saturated heterocycles. The Labute approximate surface area is 122 Å². The maximum absolute atomic E-state index is 12.7. The van der Waals surface area contributed by atoms with Crippen molar-refractivity contribution in [1.29, 1.82) is 0 Å². The minimum atomic E-state index is -4.38. The number of benzene rings is 1. The molecule has 118 valence electrons. The average molecular weight is 302 g/mol. The van der Waals surface area contributed by atoms with Crippen LogP contribution >= 0.6 is 0 Å². The number of carbonyl (C=O) groups excluding carboxylic acids is 1. The molecule has 0 aromatic heterocycles. The molecule has 0 aliphatic rings. The summed E-state index contributed by atoms with van der Waals surface area (Å²) in [5.41, 5.74) is 5.39. The van der Waals surface area contributed by atoms with Gasteiger partial charge in [-0.15, -0.1) is 0 Å². The Morgan fingerprint density at radius 1 is 1.29 bits per heavy atom. The lowest BCUT2D eigenvalue weighted by Crippen LogP contribution is -2.39. The van der Waals surface area contributed by atoms with Crippen molar-refractivity contribution in [2.75, 3.05) is 19.6 Å². The van der Waals surface area contributed by atoms with E-state index in [4.69, 9.17) is 5.73 Å². The number of carbonyl (C=O) groups is 1. The van der Waals surface area contributed by atoms with Gasteiger partial charge in [-0.1, -0.05) is 18.2 Å². The van der Waals surface area contributed by atoms with Gasteiger partial charge in [-0.25, -0.2) is 0 Å². The molecule has 0 fully saturated rings. The molecule has 0 aliphatic carbocycles. The largest absolute Gasteiger partial charge is 0.416 e. The van der Waals surface area contributed by atoms with Crippen LogP contribution in [0.25, 0.3) is 0 Å². The van der Waals surface area contributed by atoms with E-state index in [1.54, 1.807) is 11.0 Å². The number of rotatable bonds is 6. The first kappa shape index (κ1) is 17.5.